The van der Waals surface area contributed by atoms with Crippen molar-refractivity contribution in [2.24, 2.45) is 11.3 Å². The minimum absolute atomic E-state index is 0.344. The lowest BCUT2D eigenvalue weighted by Gasteiger charge is -2.46. The van der Waals surface area contributed by atoms with Crippen LogP contribution in [0.5, 0.6) is 0 Å². The lowest BCUT2D eigenvalue weighted by atomic mass is 9.76. The summed E-state index contributed by atoms with van der Waals surface area (Å²) in [6.45, 7) is 11.0. The molecule has 1 heterocycles. The summed E-state index contributed by atoms with van der Waals surface area (Å²) in [5.41, 5.74) is 0.480. The summed E-state index contributed by atoms with van der Waals surface area (Å²) in [4.78, 5) is 2.49. The molecule has 1 aliphatic heterocycles. The molecule has 0 radical (unpaired) electrons. The normalized spacial score (nSPS) is 20.3. The molecule has 0 aromatic rings. The standard InChI is InChI=1S/C11H23NO/c1-11(2,3)10-8-12(9-10)6-4-5-7-13/h10,13H,4-9H2,1-3H3. The van der Waals surface area contributed by atoms with Crippen molar-refractivity contribution < 1.29 is 5.11 Å². The summed E-state index contributed by atoms with van der Waals surface area (Å²) in [5, 5.41) is 8.63. The van der Waals surface area contributed by atoms with Gasteiger partial charge in [-0.15, -0.1) is 0 Å². The zero-order valence-electron chi connectivity index (χ0n) is 9.21. The minimum atomic E-state index is 0.344. The topological polar surface area (TPSA) is 23.5 Å². The predicted molar refractivity (Wildman–Crippen MR) is 55.7 cm³/mol. The van der Waals surface area contributed by atoms with Gasteiger partial charge >= 0.3 is 0 Å². The Hall–Kier alpha value is -0.0800. The van der Waals surface area contributed by atoms with Crippen molar-refractivity contribution in [2.75, 3.05) is 26.2 Å². The van der Waals surface area contributed by atoms with E-state index < -0.39 is 0 Å². The molecule has 2 nitrogen and oxygen atoms in total. The molecule has 0 aliphatic carbocycles. The molecule has 0 atom stereocenters. The summed E-state index contributed by atoms with van der Waals surface area (Å²) >= 11 is 0. The summed E-state index contributed by atoms with van der Waals surface area (Å²) in [6, 6.07) is 0. The maximum Gasteiger partial charge on any atom is 0.0431 e. The molecule has 1 aliphatic rings. The fraction of sp³-hybridized carbons (Fsp3) is 1.00. The van der Waals surface area contributed by atoms with Gasteiger partial charge in [0.15, 0.2) is 0 Å². The first-order valence-corrected chi connectivity index (χ1v) is 5.37. The van der Waals surface area contributed by atoms with Crippen LogP contribution in [-0.4, -0.2) is 36.2 Å². The van der Waals surface area contributed by atoms with Gasteiger partial charge in [0.1, 0.15) is 0 Å². The van der Waals surface area contributed by atoms with Gasteiger partial charge in [-0.2, -0.15) is 0 Å². The monoisotopic (exact) mass is 185 g/mol. The van der Waals surface area contributed by atoms with Gasteiger partial charge in [0.05, 0.1) is 0 Å². The van der Waals surface area contributed by atoms with Crippen molar-refractivity contribution in [2.45, 2.75) is 33.6 Å². The SMILES string of the molecule is CC(C)(C)C1CN(CCCCO)C1. The number of hydrogen-bond donors (Lipinski definition) is 1. The van der Waals surface area contributed by atoms with Gasteiger partial charge in [-0.25, -0.2) is 0 Å². The highest BCUT2D eigenvalue weighted by atomic mass is 16.2. The Morgan fingerprint density at radius 3 is 2.31 bits per heavy atom. The van der Waals surface area contributed by atoms with Crippen molar-refractivity contribution in [3.05, 3.63) is 0 Å². The summed E-state index contributed by atoms with van der Waals surface area (Å²) in [5.74, 6) is 0.877. The van der Waals surface area contributed by atoms with Crippen LogP contribution in [0.4, 0.5) is 0 Å². The molecule has 78 valence electrons. The number of nitrogens with zero attached hydrogens (tertiary/aromatic N) is 1. The third kappa shape index (κ3) is 3.28. The molecule has 0 aromatic carbocycles. The summed E-state index contributed by atoms with van der Waals surface area (Å²) in [7, 11) is 0. The highest BCUT2D eigenvalue weighted by Crippen LogP contribution is 2.33. The van der Waals surface area contributed by atoms with Gasteiger partial charge in [0, 0.05) is 19.7 Å². The van der Waals surface area contributed by atoms with E-state index in [4.69, 9.17) is 5.11 Å². The molecule has 0 saturated carbocycles. The Morgan fingerprint density at radius 2 is 1.85 bits per heavy atom. The Kier molecular flexibility index (Phi) is 3.74. The molecule has 1 N–H and O–H groups in total. The molecule has 1 fully saturated rings. The second-order valence-corrected chi connectivity index (χ2v) is 5.25. The summed E-state index contributed by atoms with van der Waals surface area (Å²) < 4.78 is 0. The van der Waals surface area contributed by atoms with Crippen LogP contribution in [0.3, 0.4) is 0 Å². The second-order valence-electron chi connectivity index (χ2n) is 5.25. The first-order chi connectivity index (χ1) is 6.04. The molecule has 0 aromatic heterocycles. The Labute approximate surface area is 81.9 Å². The van der Waals surface area contributed by atoms with Crippen molar-refractivity contribution >= 4 is 0 Å². The molecule has 1 saturated heterocycles. The van der Waals surface area contributed by atoms with Crippen LogP contribution in [0.25, 0.3) is 0 Å². The average molecular weight is 185 g/mol. The van der Waals surface area contributed by atoms with Gasteiger partial charge < -0.3 is 10.0 Å². The fourth-order valence-electron chi connectivity index (χ4n) is 1.75. The van der Waals surface area contributed by atoms with Crippen molar-refractivity contribution in [3.8, 4) is 0 Å². The van der Waals surface area contributed by atoms with Crippen LogP contribution in [0, 0.1) is 11.3 Å². The maximum absolute atomic E-state index is 8.63. The van der Waals surface area contributed by atoms with Crippen molar-refractivity contribution in [1.29, 1.82) is 0 Å². The molecular weight excluding hydrogens is 162 g/mol. The molecule has 0 bridgehead atoms. The average Bonchev–Trinajstić information content (AvgIpc) is 1.91. The van der Waals surface area contributed by atoms with E-state index in [9.17, 15) is 0 Å². The number of aliphatic hydroxyl groups excluding tert-OH is 1. The number of likely N-dealkylation sites (tertiary alicyclic amines) is 1. The maximum atomic E-state index is 8.63. The van der Waals surface area contributed by atoms with E-state index in [-0.39, 0.29) is 0 Å². The van der Waals surface area contributed by atoms with Gasteiger partial charge in [0.2, 0.25) is 0 Å². The van der Waals surface area contributed by atoms with Crippen LogP contribution in [-0.2, 0) is 0 Å². The lowest BCUT2D eigenvalue weighted by Crippen LogP contribution is -2.52. The number of hydrogen-bond acceptors (Lipinski definition) is 2. The van der Waals surface area contributed by atoms with E-state index in [0.717, 1.165) is 18.8 Å². The van der Waals surface area contributed by atoms with Gasteiger partial charge in [-0.3, -0.25) is 0 Å². The second kappa shape index (κ2) is 4.43. The molecule has 0 spiro atoms. The lowest BCUT2D eigenvalue weighted by molar-refractivity contribution is 0.0231. The van der Waals surface area contributed by atoms with E-state index in [1.54, 1.807) is 0 Å². The minimum Gasteiger partial charge on any atom is -0.396 e. The van der Waals surface area contributed by atoms with Crippen LogP contribution < -0.4 is 0 Å². The Bertz CT molecular complexity index is 145. The highest BCUT2D eigenvalue weighted by molar-refractivity contribution is 4.87. The van der Waals surface area contributed by atoms with Gasteiger partial charge in [-0.1, -0.05) is 20.8 Å². The fourth-order valence-corrected chi connectivity index (χ4v) is 1.75. The van der Waals surface area contributed by atoms with E-state index in [1.165, 1.54) is 19.6 Å². The Balaban J connectivity index is 2.05. The summed E-state index contributed by atoms with van der Waals surface area (Å²) in [6.07, 6.45) is 2.10. The van der Waals surface area contributed by atoms with Crippen LogP contribution in [0.2, 0.25) is 0 Å². The molecule has 1 rings (SSSR count). The van der Waals surface area contributed by atoms with E-state index >= 15 is 0 Å². The molecule has 13 heavy (non-hydrogen) atoms. The number of rotatable bonds is 4. The Morgan fingerprint density at radius 1 is 1.23 bits per heavy atom. The van der Waals surface area contributed by atoms with Crippen LogP contribution in [0.15, 0.2) is 0 Å². The van der Waals surface area contributed by atoms with Gasteiger partial charge in [-0.05, 0) is 30.7 Å². The van der Waals surface area contributed by atoms with Crippen LogP contribution in [0.1, 0.15) is 33.6 Å². The first kappa shape index (κ1) is 11.0. The predicted octanol–water partition coefficient (Wildman–Crippen LogP) is 1.74. The first-order valence-electron chi connectivity index (χ1n) is 5.37. The third-order valence-corrected chi connectivity index (χ3v) is 3.06. The van der Waals surface area contributed by atoms with E-state index in [1.807, 2.05) is 0 Å². The van der Waals surface area contributed by atoms with Crippen LogP contribution >= 0.6 is 0 Å². The van der Waals surface area contributed by atoms with Crippen molar-refractivity contribution in [1.82, 2.24) is 4.90 Å². The van der Waals surface area contributed by atoms with E-state index in [0.29, 0.717) is 12.0 Å². The molecule has 2 heteroatoms. The van der Waals surface area contributed by atoms with E-state index in [2.05, 4.69) is 25.7 Å². The molecule has 0 amide bonds. The zero-order valence-corrected chi connectivity index (χ0v) is 9.21. The zero-order chi connectivity index (χ0) is 9.90. The molecular formula is C11H23NO. The molecule has 0 unspecified atom stereocenters. The van der Waals surface area contributed by atoms with Crippen molar-refractivity contribution in [3.63, 3.8) is 0 Å². The highest BCUT2D eigenvalue weighted by Gasteiger charge is 2.34. The largest absolute Gasteiger partial charge is 0.396 e. The smallest absolute Gasteiger partial charge is 0.0431 e. The third-order valence-electron chi connectivity index (χ3n) is 3.06. The number of unbranched alkanes of at least 4 members (excludes halogenated alkanes) is 1. The number of aliphatic hydroxyl groups is 1. The quantitative estimate of drug-likeness (QED) is 0.674. The van der Waals surface area contributed by atoms with Gasteiger partial charge in [0.25, 0.3) is 0 Å².